The number of para-hydroxylation sites is 1. The van der Waals surface area contributed by atoms with E-state index in [9.17, 15) is 0 Å². The number of hydrazone groups is 1. The van der Waals surface area contributed by atoms with Gasteiger partial charge >= 0.3 is 0 Å². The minimum Gasteiger partial charge on any atom is -0.370 e. The first-order chi connectivity index (χ1) is 13.1. The van der Waals surface area contributed by atoms with Crippen molar-refractivity contribution in [1.29, 1.82) is 0 Å². The molecule has 1 aliphatic rings. The lowest BCUT2D eigenvalue weighted by Gasteiger charge is -2.31. The minimum absolute atomic E-state index is 0.184. The van der Waals surface area contributed by atoms with E-state index in [0.717, 1.165) is 43.3 Å². The Balaban J connectivity index is 1.72. The van der Waals surface area contributed by atoms with Crippen LogP contribution in [-0.4, -0.2) is 37.1 Å². The molecule has 0 unspecified atom stereocenters. The molecular formula is C21H27N4OS+. The third-order valence-corrected chi connectivity index (χ3v) is 5.01. The van der Waals surface area contributed by atoms with Crippen molar-refractivity contribution in [3.05, 3.63) is 65.7 Å². The van der Waals surface area contributed by atoms with Crippen molar-refractivity contribution in [1.82, 2.24) is 5.43 Å². The first-order valence-electron chi connectivity index (χ1n) is 9.29. The van der Waals surface area contributed by atoms with Crippen LogP contribution in [0.15, 0.2) is 59.7 Å². The number of benzene rings is 2. The van der Waals surface area contributed by atoms with Crippen LogP contribution in [0.2, 0.25) is 0 Å². The van der Waals surface area contributed by atoms with E-state index in [1.165, 1.54) is 10.5 Å². The normalized spacial score (nSPS) is 16.6. The smallest absolute Gasteiger partial charge is 0.191 e. The second kappa shape index (κ2) is 9.60. The highest BCUT2D eigenvalue weighted by Gasteiger charge is 2.29. The van der Waals surface area contributed by atoms with Crippen molar-refractivity contribution in [3.8, 4) is 0 Å². The number of nitrogens with one attached hydrogen (secondary N) is 3. The van der Waals surface area contributed by atoms with Crippen molar-refractivity contribution in [3.63, 3.8) is 0 Å². The number of nitrogens with zero attached hydrogens (tertiary/aromatic N) is 1. The van der Waals surface area contributed by atoms with Gasteiger partial charge in [-0.25, -0.2) is 0 Å². The number of ether oxygens (including phenoxy) is 1. The summed E-state index contributed by atoms with van der Waals surface area (Å²) in [5, 5.41) is 8.31. The molecule has 0 radical (unpaired) electrons. The van der Waals surface area contributed by atoms with Gasteiger partial charge in [0.15, 0.2) is 11.2 Å². The summed E-state index contributed by atoms with van der Waals surface area (Å²) in [5.41, 5.74) is 7.41. The number of morpholine rings is 1. The Bertz CT molecular complexity index is 788. The summed E-state index contributed by atoms with van der Waals surface area (Å²) in [6, 6.07) is 18.8. The molecule has 2 aromatic rings. The molecule has 1 heterocycles. The van der Waals surface area contributed by atoms with E-state index in [-0.39, 0.29) is 6.04 Å². The van der Waals surface area contributed by atoms with Gasteiger partial charge in [0.1, 0.15) is 13.1 Å². The molecule has 0 amide bonds. The molecular weight excluding hydrogens is 356 g/mol. The summed E-state index contributed by atoms with van der Waals surface area (Å²) in [6.45, 7) is 7.62. The largest absolute Gasteiger partial charge is 0.370 e. The van der Waals surface area contributed by atoms with Crippen LogP contribution >= 0.6 is 12.2 Å². The van der Waals surface area contributed by atoms with Gasteiger partial charge in [-0.1, -0.05) is 48.5 Å². The Labute approximate surface area is 166 Å². The average molecular weight is 384 g/mol. The zero-order valence-electron chi connectivity index (χ0n) is 15.9. The van der Waals surface area contributed by atoms with E-state index in [1.54, 1.807) is 0 Å². The molecule has 6 heteroatoms. The SMILES string of the molecule is C/C(=N/NC(=S)Nc1ccccc1C)[C@@H](c1ccccc1)[NH+]1CCOCC1. The Kier molecular flexibility index (Phi) is 6.92. The third-order valence-electron chi connectivity index (χ3n) is 4.82. The quantitative estimate of drug-likeness (QED) is 0.421. The molecule has 5 nitrogen and oxygen atoms in total. The molecule has 2 aromatic carbocycles. The van der Waals surface area contributed by atoms with Crippen LogP contribution in [0.3, 0.4) is 0 Å². The Morgan fingerprint density at radius 1 is 1.07 bits per heavy atom. The van der Waals surface area contributed by atoms with Crippen LogP contribution in [0.4, 0.5) is 5.69 Å². The monoisotopic (exact) mass is 383 g/mol. The summed E-state index contributed by atoms with van der Waals surface area (Å²) in [5.74, 6) is 0. The fourth-order valence-electron chi connectivity index (χ4n) is 3.41. The number of quaternary nitrogens is 1. The first kappa shape index (κ1) is 19.5. The molecule has 1 atom stereocenters. The molecule has 142 valence electrons. The topological polar surface area (TPSA) is 50.1 Å². The lowest BCUT2D eigenvalue weighted by Crippen LogP contribution is -3.15. The molecule has 0 aromatic heterocycles. The van der Waals surface area contributed by atoms with E-state index in [4.69, 9.17) is 17.0 Å². The zero-order valence-corrected chi connectivity index (χ0v) is 16.7. The Morgan fingerprint density at radius 3 is 2.44 bits per heavy atom. The number of hydrogen-bond acceptors (Lipinski definition) is 3. The van der Waals surface area contributed by atoms with Gasteiger partial charge in [-0.2, -0.15) is 5.10 Å². The van der Waals surface area contributed by atoms with Crippen molar-refractivity contribution in [2.75, 3.05) is 31.6 Å². The molecule has 3 rings (SSSR count). The zero-order chi connectivity index (χ0) is 19.1. The van der Waals surface area contributed by atoms with E-state index in [0.29, 0.717) is 5.11 Å². The van der Waals surface area contributed by atoms with Gasteiger partial charge in [0.2, 0.25) is 0 Å². The first-order valence-corrected chi connectivity index (χ1v) is 9.70. The lowest BCUT2D eigenvalue weighted by molar-refractivity contribution is -0.928. The fraction of sp³-hybridized carbons (Fsp3) is 0.333. The number of anilines is 1. The van der Waals surface area contributed by atoms with Crippen LogP contribution in [-0.2, 0) is 4.74 Å². The van der Waals surface area contributed by atoms with Crippen LogP contribution in [0.5, 0.6) is 0 Å². The van der Waals surface area contributed by atoms with E-state index >= 15 is 0 Å². The van der Waals surface area contributed by atoms with Gasteiger partial charge in [0, 0.05) is 11.3 Å². The highest BCUT2D eigenvalue weighted by molar-refractivity contribution is 7.80. The summed E-state index contributed by atoms with van der Waals surface area (Å²) in [7, 11) is 0. The molecule has 3 N–H and O–H groups in total. The maximum Gasteiger partial charge on any atom is 0.191 e. The number of aryl methyl sites for hydroxylation is 1. The fourth-order valence-corrected chi connectivity index (χ4v) is 3.56. The molecule has 1 saturated heterocycles. The maximum atomic E-state index is 5.53. The van der Waals surface area contributed by atoms with Crippen molar-refractivity contribution < 1.29 is 9.64 Å². The van der Waals surface area contributed by atoms with E-state index in [2.05, 4.69) is 47.0 Å². The number of hydrogen-bond donors (Lipinski definition) is 3. The highest BCUT2D eigenvalue weighted by atomic mass is 32.1. The summed E-state index contributed by atoms with van der Waals surface area (Å²) < 4.78 is 5.53. The Hall–Kier alpha value is -2.28. The van der Waals surface area contributed by atoms with Crippen LogP contribution in [0.25, 0.3) is 0 Å². The van der Waals surface area contributed by atoms with Crippen LogP contribution in [0, 0.1) is 6.92 Å². The van der Waals surface area contributed by atoms with E-state index < -0.39 is 0 Å². The highest BCUT2D eigenvalue weighted by Crippen LogP contribution is 2.14. The van der Waals surface area contributed by atoms with Crippen molar-refractivity contribution in [2.24, 2.45) is 5.10 Å². The van der Waals surface area contributed by atoms with Gasteiger partial charge in [-0.05, 0) is 37.7 Å². The van der Waals surface area contributed by atoms with Crippen LogP contribution < -0.4 is 15.6 Å². The standard InChI is InChI=1S/C21H26N4OS/c1-16-8-6-7-11-19(16)22-21(27)24-23-17(2)20(18-9-4-3-5-10-18)25-12-14-26-15-13-25/h3-11,20H,12-15H2,1-2H3,(H2,22,24,27)/p+1/b23-17-/t20-/m0/s1. The molecule has 1 fully saturated rings. The second-order valence-electron chi connectivity index (χ2n) is 6.75. The number of thiocarbonyl (C=S) groups is 1. The molecule has 0 aliphatic carbocycles. The van der Waals surface area contributed by atoms with Gasteiger partial charge in [-0.15, -0.1) is 0 Å². The predicted molar refractivity (Wildman–Crippen MR) is 114 cm³/mol. The number of rotatable bonds is 5. The molecule has 1 aliphatic heterocycles. The van der Waals surface area contributed by atoms with Crippen molar-refractivity contribution in [2.45, 2.75) is 19.9 Å². The van der Waals surface area contributed by atoms with Gasteiger partial charge < -0.3 is 15.0 Å². The van der Waals surface area contributed by atoms with Gasteiger partial charge in [0.05, 0.1) is 18.9 Å². The van der Waals surface area contributed by atoms with Gasteiger partial charge in [-0.3, -0.25) is 5.43 Å². The Morgan fingerprint density at radius 2 is 1.74 bits per heavy atom. The molecule has 0 bridgehead atoms. The van der Waals surface area contributed by atoms with Crippen LogP contribution in [0.1, 0.15) is 24.1 Å². The van der Waals surface area contributed by atoms with E-state index in [1.807, 2.05) is 37.3 Å². The second-order valence-corrected chi connectivity index (χ2v) is 7.16. The predicted octanol–water partition coefficient (Wildman–Crippen LogP) is 2.31. The average Bonchev–Trinajstić information content (AvgIpc) is 2.70. The maximum absolute atomic E-state index is 5.53. The lowest BCUT2D eigenvalue weighted by atomic mass is 10.0. The van der Waals surface area contributed by atoms with Gasteiger partial charge in [0.25, 0.3) is 0 Å². The summed E-state index contributed by atoms with van der Waals surface area (Å²) >= 11 is 5.42. The molecule has 0 saturated carbocycles. The molecule has 27 heavy (non-hydrogen) atoms. The molecule has 0 spiro atoms. The summed E-state index contributed by atoms with van der Waals surface area (Å²) in [4.78, 5) is 1.47. The van der Waals surface area contributed by atoms with Crippen molar-refractivity contribution >= 4 is 28.7 Å². The summed E-state index contributed by atoms with van der Waals surface area (Å²) in [6.07, 6.45) is 0. The minimum atomic E-state index is 0.184. The third kappa shape index (κ3) is 5.35.